The number of aliphatic hydroxyl groups excluding tert-OH is 3. The van der Waals surface area contributed by atoms with Gasteiger partial charge in [-0.3, -0.25) is 10.1 Å². The van der Waals surface area contributed by atoms with Crippen molar-refractivity contribution in [2.75, 3.05) is 17.7 Å². The molecule has 0 amide bonds. The smallest absolute Gasteiger partial charge is 0.269 e. The minimum Gasteiger partial charge on any atom is -0.396 e. The predicted molar refractivity (Wildman–Crippen MR) is 103 cm³/mol. The Balaban J connectivity index is 1.86. The molecule has 1 aromatic carbocycles. The van der Waals surface area contributed by atoms with Crippen molar-refractivity contribution < 1.29 is 20.2 Å². The summed E-state index contributed by atoms with van der Waals surface area (Å²) in [7, 11) is 0. The van der Waals surface area contributed by atoms with Crippen LogP contribution in [0.5, 0.6) is 0 Å². The first-order chi connectivity index (χ1) is 13.8. The number of nitrogens with zero attached hydrogens (tertiary/aromatic N) is 5. The third-order valence-corrected chi connectivity index (χ3v) is 4.81. The zero-order valence-electron chi connectivity index (χ0n) is 14.9. The van der Waals surface area contributed by atoms with Gasteiger partial charge in [0.05, 0.1) is 22.8 Å². The molecule has 4 atom stereocenters. The fourth-order valence-corrected chi connectivity index (χ4v) is 3.22. The van der Waals surface area contributed by atoms with Gasteiger partial charge >= 0.3 is 0 Å². The van der Waals surface area contributed by atoms with Gasteiger partial charge in [0.1, 0.15) is 6.10 Å². The van der Waals surface area contributed by atoms with Crippen molar-refractivity contribution in [1.29, 1.82) is 0 Å². The number of anilines is 2. The van der Waals surface area contributed by atoms with E-state index in [4.69, 9.17) is 17.3 Å². The second-order valence-electron chi connectivity index (χ2n) is 6.45. The molecule has 0 radical (unpaired) electrons. The number of aliphatic hydroxyl groups is 3. The van der Waals surface area contributed by atoms with Crippen molar-refractivity contribution in [2.24, 2.45) is 16.1 Å². The fraction of sp³-hybridized carbons (Fsp3) is 0.375. The summed E-state index contributed by atoms with van der Waals surface area (Å²) in [5, 5.41) is 51.0. The highest BCUT2D eigenvalue weighted by atomic mass is 35.5. The second kappa shape index (κ2) is 8.61. The Kier molecular flexibility index (Phi) is 6.17. The van der Waals surface area contributed by atoms with Crippen LogP contribution in [0.4, 0.5) is 28.8 Å². The molecule has 0 unspecified atom stereocenters. The van der Waals surface area contributed by atoms with Crippen LogP contribution in [0.25, 0.3) is 0 Å². The molecule has 1 aliphatic rings. The quantitative estimate of drug-likeness (QED) is 0.198. The third kappa shape index (κ3) is 4.56. The van der Waals surface area contributed by atoms with Gasteiger partial charge in [0.15, 0.2) is 16.7 Å². The van der Waals surface area contributed by atoms with Crippen LogP contribution in [-0.2, 0) is 0 Å². The maximum atomic E-state index is 10.7. The largest absolute Gasteiger partial charge is 0.396 e. The van der Waals surface area contributed by atoms with Crippen molar-refractivity contribution in [3.05, 3.63) is 39.5 Å². The standard InChI is InChI=1S/C16H18ClN7O5/c17-14-11(23-22-8-1-3-9(4-2-8)24(28)29)15(21-16(18)20-14)19-10-5-7(6-25)12(26)13(10)27/h1-4,7,10,12-13,25-27H,5-6H2,(H3,18,19,20,21)/t7-,10-,12-,13+/m1/s1. The highest BCUT2D eigenvalue weighted by Crippen LogP contribution is 2.36. The zero-order valence-corrected chi connectivity index (χ0v) is 15.6. The first kappa shape index (κ1) is 20.8. The SMILES string of the molecule is Nc1nc(Cl)c(N=Nc2ccc([N+](=O)[O-])cc2)c(N[C@@H]2C[C@H](CO)[C@@H](O)[C@H]2O)n1. The summed E-state index contributed by atoms with van der Waals surface area (Å²) in [5.41, 5.74) is 5.91. The molecule has 0 bridgehead atoms. The van der Waals surface area contributed by atoms with Gasteiger partial charge in [-0.05, 0) is 18.6 Å². The number of aromatic nitrogens is 2. The number of rotatable bonds is 6. The van der Waals surface area contributed by atoms with Gasteiger partial charge in [-0.25, -0.2) is 0 Å². The molecule has 1 heterocycles. The van der Waals surface area contributed by atoms with E-state index in [1.807, 2.05) is 0 Å². The summed E-state index contributed by atoms with van der Waals surface area (Å²) >= 11 is 6.11. The first-order valence-electron chi connectivity index (χ1n) is 8.53. The fourth-order valence-electron chi connectivity index (χ4n) is 3.01. The van der Waals surface area contributed by atoms with Crippen LogP contribution in [0.1, 0.15) is 6.42 Å². The Morgan fingerprint density at radius 2 is 1.93 bits per heavy atom. The number of halogens is 1. The van der Waals surface area contributed by atoms with E-state index in [2.05, 4.69) is 25.5 Å². The van der Waals surface area contributed by atoms with Crippen LogP contribution in [0.15, 0.2) is 34.5 Å². The van der Waals surface area contributed by atoms with Crippen LogP contribution in [0, 0.1) is 16.0 Å². The van der Waals surface area contributed by atoms with E-state index in [9.17, 15) is 25.4 Å². The number of non-ortho nitro benzene ring substituents is 1. The lowest BCUT2D eigenvalue weighted by Gasteiger charge is -2.19. The van der Waals surface area contributed by atoms with Gasteiger partial charge in [0.2, 0.25) is 5.95 Å². The molecule has 1 fully saturated rings. The van der Waals surface area contributed by atoms with E-state index in [0.29, 0.717) is 5.69 Å². The first-order valence-corrected chi connectivity index (χ1v) is 8.90. The summed E-state index contributed by atoms with van der Waals surface area (Å²) < 4.78 is 0. The number of azo groups is 1. The van der Waals surface area contributed by atoms with Crippen molar-refractivity contribution >= 4 is 40.4 Å². The second-order valence-corrected chi connectivity index (χ2v) is 6.81. The van der Waals surface area contributed by atoms with Gasteiger partial charge in [-0.2, -0.15) is 15.1 Å². The number of nitrogens with one attached hydrogen (secondary N) is 1. The van der Waals surface area contributed by atoms with Crippen LogP contribution < -0.4 is 11.1 Å². The Hall–Kier alpha value is -2.93. The summed E-state index contributed by atoms with van der Waals surface area (Å²) in [6.07, 6.45) is -1.97. The number of hydrogen-bond donors (Lipinski definition) is 5. The molecule has 12 nitrogen and oxygen atoms in total. The van der Waals surface area contributed by atoms with Crippen LogP contribution >= 0.6 is 11.6 Å². The van der Waals surface area contributed by atoms with Crippen molar-refractivity contribution in [1.82, 2.24) is 9.97 Å². The average molecular weight is 424 g/mol. The lowest BCUT2D eigenvalue weighted by atomic mass is 10.1. The Morgan fingerprint density at radius 1 is 1.24 bits per heavy atom. The van der Waals surface area contributed by atoms with Crippen molar-refractivity contribution in [3.8, 4) is 0 Å². The van der Waals surface area contributed by atoms with Crippen LogP contribution in [-0.4, -0.2) is 55.1 Å². The monoisotopic (exact) mass is 423 g/mol. The molecule has 6 N–H and O–H groups in total. The predicted octanol–water partition coefficient (Wildman–Crippen LogP) is 1.55. The number of nitrogens with two attached hydrogens (primary N) is 1. The van der Waals surface area contributed by atoms with Crippen LogP contribution in [0.3, 0.4) is 0 Å². The maximum Gasteiger partial charge on any atom is 0.269 e. The van der Waals surface area contributed by atoms with E-state index >= 15 is 0 Å². The highest BCUT2D eigenvalue weighted by Gasteiger charge is 2.41. The number of nitro groups is 1. The normalized spacial score (nSPS) is 24.1. The molecule has 3 rings (SSSR count). The third-order valence-electron chi connectivity index (χ3n) is 4.54. The summed E-state index contributed by atoms with van der Waals surface area (Å²) in [6.45, 7) is -0.282. The Labute approximate surface area is 169 Å². The van der Waals surface area contributed by atoms with Gasteiger partial charge < -0.3 is 26.4 Å². The molecular formula is C16H18ClN7O5. The van der Waals surface area contributed by atoms with Gasteiger partial charge in [0, 0.05) is 24.7 Å². The molecule has 13 heteroatoms. The van der Waals surface area contributed by atoms with Gasteiger partial charge in [-0.15, -0.1) is 5.11 Å². The zero-order chi connectivity index (χ0) is 21.1. The molecule has 0 aliphatic heterocycles. The molecular weight excluding hydrogens is 406 g/mol. The lowest BCUT2D eigenvalue weighted by molar-refractivity contribution is -0.384. The van der Waals surface area contributed by atoms with Crippen LogP contribution in [0.2, 0.25) is 5.15 Å². The van der Waals surface area contributed by atoms with E-state index in [1.54, 1.807) is 0 Å². The topological polar surface area (TPSA) is 192 Å². The average Bonchev–Trinajstić information content (AvgIpc) is 2.95. The van der Waals surface area contributed by atoms with Crippen molar-refractivity contribution in [3.63, 3.8) is 0 Å². The van der Waals surface area contributed by atoms with E-state index in [1.165, 1.54) is 24.3 Å². The van der Waals surface area contributed by atoms with E-state index in [-0.39, 0.29) is 41.3 Å². The number of nitrogen functional groups attached to an aromatic ring is 1. The summed E-state index contributed by atoms with van der Waals surface area (Å²) in [5.74, 6) is -0.552. The van der Waals surface area contributed by atoms with E-state index < -0.39 is 29.1 Å². The highest BCUT2D eigenvalue weighted by molar-refractivity contribution is 6.32. The molecule has 1 aromatic heterocycles. The summed E-state index contributed by atoms with van der Waals surface area (Å²) in [6, 6.07) is 4.73. The number of hydrogen-bond acceptors (Lipinski definition) is 11. The Morgan fingerprint density at radius 3 is 2.52 bits per heavy atom. The molecule has 1 saturated carbocycles. The molecule has 29 heavy (non-hydrogen) atoms. The van der Waals surface area contributed by atoms with Crippen molar-refractivity contribution in [2.45, 2.75) is 24.7 Å². The minimum absolute atomic E-state index is 0.0355. The number of nitro benzene ring substituents is 1. The lowest BCUT2D eigenvalue weighted by Crippen LogP contribution is -2.35. The van der Waals surface area contributed by atoms with Gasteiger partial charge in [-0.1, -0.05) is 11.6 Å². The Bertz CT molecular complexity index is 927. The molecule has 1 aliphatic carbocycles. The molecule has 0 saturated heterocycles. The number of benzene rings is 1. The summed E-state index contributed by atoms with van der Waals surface area (Å²) in [4.78, 5) is 18.0. The van der Waals surface area contributed by atoms with Gasteiger partial charge in [0.25, 0.3) is 5.69 Å². The maximum absolute atomic E-state index is 10.7. The molecule has 0 spiro atoms. The minimum atomic E-state index is -1.15. The molecule has 2 aromatic rings. The molecule has 154 valence electrons. The van der Waals surface area contributed by atoms with E-state index in [0.717, 1.165) is 0 Å².